The van der Waals surface area contributed by atoms with E-state index in [0.717, 1.165) is 53.5 Å². The highest BCUT2D eigenvalue weighted by Gasteiger charge is 2.31. The molecule has 0 spiro atoms. The standard InChI is InChI=1S/C24H28N2O3/c1-15-14-25-21(20-12-13-29-22(15)20)16-4-6-17(7-5-16)23(27)26-19-10-8-18(9-11-19)24(2,3)28/h4-7,12-14,18-19,28H,8-11H2,1-3H3,(H,26,27). The van der Waals surface area contributed by atoms with E-state index in [-0.39, 0.29) is 11.9 Å². The molecule has 29 heavy (non-hydrogen) atoms. The number of aromatic nitrogens is 1. The molecule has 152 valence electrons. The second-order valence-corrected chi connectivity index (χ2v) is 8.71. The number of carbonyl (C=O) groups excluding carboxylic acids is 1. The fourth-order valence-corrected chi connectivity index (χ4v) is 4.31. The number of rotatable bonds is 4. The highest BCUT2D eigenvalue weighted by molar-refractivity contribution is 5.96. The third-order valence-corrected chi connectivity index (χ3v) is 6.15. The van der Waals surface area contributed by atoms with Gasteiger partial charge in [0.05, 0.1) is 17.6 Å². The molecule has 0 radical (unpaired) electrons. The molecule has 5 heteroatoms. The zero-order valence-corrected chi connectivity index (χ0v) is 17.2. The van der Waals surface area contributed by atoms with Gasteiger partial charge in [0.1, 0.15) is 5.58 Å². The Morgan fingerprint density at radius 3 is 2.48 bits per heavy atom. The van der Waals surface area contributed by atoms with Crippen LogP contribution in [0.3, 0.4) is 0 Å². The van der Waals surface area contributed by atoms with Crippen LogP contribution in [0.2, 0.25) is 0 Å². The SMILES string of the molecule is Cc1cnc(-c2ccc(C(=O)NC3CCC(C(C)(C)O)CC3)cc2)c2ccoc12. The minimum Gasteiger partial charge on any atom is -0.464 e. The van der Waals surface area contributed by atoms with Crippen molar-refractivity contribution in [2.75, 3.05) is 0 Å². The summed E-state index contributed by atoms with van der Waals surface area (Å²) in [5, 5.41) is 14.3. The van der Waals surface area contributed by atoms with Gasteiger partial charge in [0, 0.05) is 34.3 Å². The first-order chi connectivity index (χ1) is 13.8. The molecule has 3 aromatic rings. The van der Waals surface area contributed by atoms with E-state index in [1.807, 2.05) is 57.3 Å². The van der Waals surface area contributed by atoms with Gasteiger partial charge >= 0.3 is 0 Å². The zero-order chi connectivity index (χ0) is 20.6. The molecule has 4 rings (SSSR count). The Balaban J connectivity index is 1.44. The van der Waals surface area contributed by atoms with Crippen LogP contribution in [0.5, 0.6) is 0 Å². The van der Waals surface area contributed by atoms with Crippen molar-refractivity contribution in [1.82, 2.24) is 10.3 Å². The van der Waals surface area contributed by atoms with E-state index in [1.54, 1.807) is 6.26 Å². The molecule has 1 saturated carbocycles. The molecule has 0 bridgehead atoms. The number of amides is 1. The smallest absolute Gasteiger partial charge is 0.251 e. The number of benzene rings is 1. The maximum absolute atomic E-state index is 12.7. The van der Waals surface area contributed by atoms with Crippen molar-refractivity contribution >= 4 is 16.9 Å². The molecular weight excluding hydrogens is 364 g/mol. The van der Waals surface area contributed by atoms with Crippen LogP contribution in [0.1, 0.15) is 55.5 Å². The van der Waals surface area contributed by atoms with Gasteiger partial charge in [-0.1, -0.05) is 12.1 Å². The summed E-state index contributed by atoms with van der Waals surface area (Å²) in [6.07, 6.45) is 7.18. The van der Waals surface area contributed by atoms with Crippen LogP contribution in [0, 0.1) is 12.8 Å². The van der Waals surface area contributed by atoms with Crippen LogP contribution in [0.15, 0.2) is 47.2 Å². The van der Waals surface area contributed by atoms with Crippen molar-refractivity contribution < 1.29 is 14.3 Å². The van der Waals surface area contributed by atoms with Crippen LogP contribution in [0.25, 0.3) is 22.2 Å². The van der Waals surface area contributed by atoms with Gasteiger partial charge in [0.15, 0.2) is 0 Å². The third kappa shape index (κ3) is 4.06. The van der Waals surface area contributed by atoms with Gasteiger partial charge in [-0.2, -0.15) is 0 Å². The van der Waals surface area contributed by atoms with E-state index in [9.17, 15) is 9.90 Å². The maximum Gasteiger partial charge on any atom is 0.251 e. The Bertz CT molecular complexity index is 1010. The Kier molecular flexibility index (Phi) is 5.17. The fraction of sp³-hybridized carbons (Fsp3) is 0.417. The molecule has 1 fully saturated rings. The van der Waals surface area contributed by atoms with Crippen molar-refractivity contribution in [2.45, 2.75) is 58.1 Å². The predicted molar refractivity (Wildman–Crippen MR) is 114 cm³/mol. The minimum atomic E-state index is -0.644. The van der Waals surface area contributed by atoms with E-state index in [2.05, 4.69) is 10.3 Å². The molecule has 1 aliphatic rings. The lowest BCUT2D eigenvalue weighted by molar-refractivity contribution is -0.00257. The van der Waals surface area contributed by atoms with Gasteiger partial charge in [0.2, 0.25) is 0 Å². The number of aryl methyl sites for hydroxylation is 1. The first-order valence-electron chi connectivity index (χ1n) is 10.3. The van der Waals surface area contributed by atoms with Gasteiger partial charge in [-0.3, -0.25) is 9.78 Å². The molecule has 2 N–H and O–H groups in total. The van der Waals surface area contributed by atoms with E-state index < -0.39 is 5.60 Å². The normalized spacial score (nSPS) is 20.0. The fourth-order valence-electron chi connectivity index (χ4n) is 4.31. The molecule has 2 heterocycles. The summed E-state index contributed by atoms with van der Waals surface area (Å²) in [5.41, 5.74) is 3.67. The molecule has 1 aliphatic carbocycles. The number of nitrogens with one attached hydrogen (secondary N) is 1. The molecule has 1 amide bonds. The lowest BCUT2D eigenvalue weighted by Gasteiger charge is -2.36. The summed E-state index contributed by atoms with van der Waals surface area (Å²) in [6.45, 7) is 5.72. The van der Waals surface area contributed by atoms with Crippen LogP contribution >= 0.6 is 0 Å². The summed E-state index contributed by atoms with van der Waals surface area (Å²) in [7, 11) is 0. The third-order valence-electron chi connectivity index (χ3n) is 6.15. The summed E-state index contributed by atoms with van der Waals surface area (Å²) in [4.78, 5) is 17.2. The molecule has 2 aromatic heterocycles. The van der Waals surface area contributed by atoms with Gasteiger partial charge in [0.25, 0.3) is 5.91 Å². The minimum absolute atomic E-state index is 0.0476. The van der Waals surface area contributed by atoms with Crippen molar-refractivity contribution in [1.29, 1.82) is 0 Å². The summed E-state index contributed by atoms with van der Waals surface area (Å²) in [6, 6.07) is 9.66. The number of hydrogen-bond acceptors (Lipinski definition) is 4. The van der Waals surface area contributed by atoms with Crippen LogP contribution < -0.4 is 5.32 Å². The largest absolute Gasteiger partial charge is 0.464 e. The average molecular weight is 392 g/mol. The quantitative estimate of drug-likeness (QED) is 0.665. The number of fused-ring (bicyclic) bond motifs is 1. The van der Waals surface area contributed by atoms with Crippen molar-refractivity contribution in [2.24, 2.45) is 5.92 Å². The van der Waals surface area contributed by atoms with Gasteiger partial charge in [-0.15, -0.1) is 0 Å². The van der Waals surface area contributed by atoms with Crippen molar-refractivity contribution in [3.63, 3.8) is 0 Å². The van der Waals surface area contributed by atoms with Gasteiger partial charge < -0.3 is 14.8 Å². The molecule has 0 aliphatic heterocycles. The van der Waals surface area contributed by atoms with Crippen LogP contribution in [-0.4, -0.2) is 27.6 Å². The lowest BCUT2D eigenvalue weighted by Crippen LogP contribution is -2.41. The first-order valence-corrected chi connectivity index (χ1v) is 10.3. The number of hydrogen-bond donors (Lipinski definition) is 2. The summed E-state index contributed by atoms with van der Waals surface area (Å²) < 4.78 is 5.57. The van der Waals surface area contributed by atoms with Crippen molar-refractivity contribution in [3.8, 4) is 11.3 Å². The first kappa shape index (κ1) is 19.6. The Labute approximate surface area is 171 Å². The number of furan rings is 1. The van der Waals surface area contributed by atoms with Crippen LogP contribution in [-0.2, 0) is 0 Å². The number of nitrogens with zero attached hydrogens (tertiary/aromatic N) is 1. The molecular formula is C24H28N2O3. The monoisotopic (exact) mass is 392 g/mol. The molecule has 0 atom stereocenters. The highest BCUT2D eigenvalue weighted by Crippen LogP contribution is 2.33. The zero-order valence-electron chi connectivity index (χ0n) is 17.2. The Morgan fingerprint density at radius 1 is 1.14 bits per heavy atom. The second-order valence-electron chi connectivity index (χ2n) is 8.71. The molecule has 5 nitrogen and oxygen atoms in total. The van der Waals surface area contributed by atoms with Gasteiger partial charge in [-0.05, 0) is 70.6 Å². The van der Waals surface area contributed by atoms with E-state index in [1.165, 1.54) is 0 Å². The predicted octanol–water partition coefficient (Wildman–Crippen LogP) is 4.86. The molecule has 1 aromatic carbocycles. The van der Waals surface area contributed by atoms with Crippen LogP contribution in [0.4, 0.5) is 0 Å². The van der Waals surface area contributed by atoms with E-state index >= 15 is 0 Å². The lowest BCUT2D eigenvalue weighted by atomic mass is 9.77. The van der Waals surface area contributed by atoms with Crippen molar-refractivity contribution in [3.05, 3.63) is 53.9 Å². The highest BCUT2D eigenvalue weighted by atomic mass is 16.3. The Morgan fingerprint density at radius 2 is 1.83 bits per heavy atom. The maximum atomic E-state index is 12.7. The molecule has 0 saturated heterocycles. The molecule has 0 unspecified atom stereocenters. The van der Waals surface area contributed by atoms with E-state index in [0.29, 0.717) is 11.5 Å². The van der Waals surface area contributed by atoms with Gasteiger partial charge in [-0.25, -0.2) is 0 Å². The van der Waals surface area contributed by atoms with E-state index in [4.69, 9.17) is 4.42 Å². The number of aliphatic hydroxyl groups is 1. The summed E-state index contributed by atoms with van der Waals surface area (Å²) >= 11 is 0. The topological polar surface area (TPSA) is 75.4 Å². The average Bonchev–Trinajstić information content (AvgIpc) is 3.19. The Hall–Kier alpha value is -2.66. The second kappa shape index (κ2) is 7.64. The summed E-state index contributed by atoms with van der Waals surface area (Å²) in [5.74, 6) is 0.255. The number of pyridine rings is 1. The number of carbonyl (C=O) groups is 1.